The second-order valence-corrected chi connectivity index (χ2v) is 5.36. The summed E-state index contributed by atoms with van der Waals surface area (Å²) in [5.41, 5.74) is 7.64. The van der Waals surface area contributed by atoms with Crippen molar-refractivity contribution in [1.29, 1.82) is 0 Å². The summed E-state index contributed by atoms with van der Waals surface area (Å²) >= 11 is 0. The Labute approximate surface area is 151 Å². The van der Waals surface area contributed by atoms with Crippen molar-refractivity contribution in [1.82, 2.24) is 5.32 Å². The molecule has 0 bridgehead atoms. The summed E-state index contributed by atoms with van der Waals surface area (Å²) in [4.78, 5) is 12.1. The van der Waals surface area contributed by atoms with Crippen LogP contribution in [0.4, 0.5) is 8.78 Å². The van der Waals surface area contributed by atoms with Gasteiger partial charge in [-0.15, -0.1) is 12.4 Å². The highest BCUT2D eigenvalue weighted by molar-refractivity contribution is 5.85. The van der Waals surface area contributed by atoms with Gasteiger partial charge in [0.25, 0.3) is 6.43 Å². The van der Waals surface area contributed by atoms with E-state index in [2.05, 4.69) is 5.32 Å². The molecule has 0 spiro atoms. The highest BCUT2D eigenvalue weighted by Crippen LogP contribution is 2.14. The largest absolute Gasteiger partial charge is 0.488 e. The smallest absolute Gasteiger partial charge is 0.272 e. The number of alkyl halides is 2. The van der Waals surface area contributed by atoms with Crippen molar-refractivity contribution in [2.45, 2.75) is 25.4 Å². The standard InChI is InChI=1S/C18H20F2N2O2.ClH/c19-17(20)12-24-15-8-4-7-14(9-15)11-22-18(23)16(21)10-13-5-2-1-3-6-13;/h1-9,16-17H,10-12,21H2,(H,22,23);1H/t16-;/m0./s1. The third-order valence-electron chi connectivity index (χ3n) is 3.38. The molecule has 0 aliphatic rings. The second-order valence-electron chi connectivity index (χ2n) is 5.36. The molecule has 1 atom stereocenters. The first kappa shape index (κ1) is 20.9. The number of ether oxygens (including phenoxy) is 1. The fraction of sp³-hybridized carbons (Fsp3) is 0.278. The summed E-state index contributed by atoms with van der Waals surface area (Å²) in [6.45, 7) is -0.398. The van der Waals surface area contributed by atoms with Gasteiger partial charge in [0, 0.05) is 6.54 Å². The van der Waals surface area contributed by atoms with Gasteiger partial charge in [-0.2, -0.15) is 0 Å². The molecule has 3 N–H and O–H groups in total. The molecule has 0 saturated heterocycles. The number of hydrogen-bond acceptors (Lipinski definition) is 3. The molecule has 0 saturated carbocycles. The molecule has 0 aromatic heterocycles. The molecule has 7 heteroatoms. The van der Waals surface area contributed by atoms with Crippen molar-refractivity contribution in [2.75, 3.05) is 6.61 Å². The van der Waals surface area contributed by atoms with Gasteiger partial charge in [-0.1, -0.05) is 42.5 Å². The lowest BCUT2D eigenvalue weighted by Crippen LogP contribution is -2.41. The van der Waals surface area contributed by atoms with Gasteiger partial charge < -0.3 is 15.8 Å². The van der Waals surface area contributed by atoms with E-state index in [1.165, 1.54) is 0 Å². The van der Waals surface area contributed by atoms with Crippen molar-refractivity contribution >= 4 is 18.3 Å². The Hall–Kier alpha value is -2.18. The van der Waals surface area contributed by atoms with Crippen molar-refractivity contribution in [3.05, 3.63) is 65.7 Å². The van der Waals surface area contributed by atoms with Crippen LogP contribution < -0.4 is 15.8 Å². The van der Waals surface area contributed by atoms with E-state index in [4.69, 9.17) is 10.5 Å². The first-order valence-corrected chi connectivity index (χ1v) is 7.61. The first-order chi connectivity index (χ1) is 11.5. The molecule has 25 heavy (non-hydrogen) atoms. The molecule has 136 valence electrons. The molecule has 0 aliphatic heterocycles. The maximum Gasteiger partial charge on any atom is 0.272 e. The van der Waals surface area contributed by atoms with Gasteiger partial charge >= 0.3 is 0 Å². The molecule has 1 amide bonds. The van der Waals surface area contributed by atoms with Crippen molar-refractivity contribution in [3.8, 4) is 5.75 Å². The number of halogens is 3. The Balaban J connectivity index is 0.00000312. The monoisotopic (exact) mass is 370 g/mol. The average Bonchev–Trinajstić information content (AvgIpc) is 2.59. The minimum absolute atomic E-state index is 0. The van der Waals surface area contributed by atoms with Gasteiger partial charge in [0.05, 0.1) is 6.04 Å². The molecule has 0 fully saturated rings. The lowest BCUT2D eigenvalue weighted by Gasteiger charge is -2.13. The lowest BCUT2D eigenvalue weighted by atomic mass is 10.1. The van der Waals surface area contributed by atoms with Gasteiger partial charge in [0.15, 0.2) is 0 Å². The van der Waals surface area contributed by atoms with Gasteiger partial charge in [-0.25, -0.2) is 8.78 Å². The normalized spacial score (nSPS) is 11.5. The molecule has 2 aromatic rings. The quantitative estimate of drug-likeness (QED) is 0.751. The first-order valence-electron chi connectivity index (χ1n) is 7.61. The van der Waals surface area contributed by atoms with Crippen LogP contribution in [-0.4, -0.2) is 25.0 Å². The van der Waals surface area contributed by atoms with Gasteiger partial charge in [-0.3, -0.25) is 4.79 Å². The van der Waals surface area contributed by atoms with Crippen LogP contribution in [0.25, 0.3) is 0 Å². The van der Waals surface area contributed by atoms with Crippen molar-refractivity contribution < 1.29 is 18.3 Å². The summed E-state index contributed by atoms with van der Waals surface area (Å²) in [6.07, 6.45) is -2.08. The predicted octanol–water partition coefficient (Wildman–Crippen LogP) is 2.94. The van der Waals surface area contributed by atoms with E-state index >= 15 is 0 Å². The number of benzene rings is 2. The maximum atomic E-state index is 12.1. The number of nitrogens with one attached hydrogen (secondary N) is 1. The van der Waals surface area contributed by atoms with Crippen LogP contribution in [0.1, 0.15) is 11.1 Å². The van der Waals surface area contributed by atoms with E-state index in [1.54, 1.807) is 24.3 Å². The van der Waals surface area contributed by atoms with E-state index < -0.39 is 19.1 Å². The minimum Gasteiger partial charge on any atom is -0.488 e. The Kier molecular flexibility index (Phi) is 8.88. The van der Waals surface area contributed by atoms with E-state index in [9.17, 15) is 13.6 Å². The van der Waals surface area contributed by atoms with Crippen LogP contribution >= 0.6 is 12.4 Å². The van der Waals surface area contributed by atoms with E-state index in [1.807, 2.05) is 30.3 Å². The Morgan fingerprint density at radius 3 is 2.44 bits per heavy atom. The number of hydrogen-bond donors (Lipinski definition) is 2. The molecular formula is C18H21ClF2N2O2. The third kappa shape index (κ3) is 7.49. The number of carbonyl (C=O) groups excluding carboxylic acids is 1. The molecular weight excluding hydrogens is 350 g/mol. The topological polar surface area (TPSA) is 64.4 Å². The van der Waals surface area contributed by atoms with Crippen LogP contribution in [0, 0.1) is 0 Å². The van der Waals surface area contributed by atoms with Crippen LogP contribution in [-0.2, 0) is 17.8 Å². The predicted molar refractivity (Wildman–Crippen MR) is 95.2 cm³/mol. The van der Waals surface area contributed by atoms with E-state index in [0.717, 1.165) is 11.1 Å². The second kappa shape index (κ2) is 10.6. The molecule has 0 radical (unpaired) electrons. The maximum absolute atomic E-state index is 12.1. The van der Waals surface area contributed by atoms with Crippen molar-refractivity contribution in [2.24, 2.45) is 5.73 Å². The molecule has 0 aliphatic carbocycles. The molecule has 2 rings (SSSR count). The lowest BCUT2D eigenvalue weighted by molar-refractivity contribution is -0.122. The zero-order valence-electron chi connectivity index (χ0n) is 13.5. The van der Waals surface area contributed by atoms with Crippen LogP contribution in [0.5, 0.6) is 5.75 Å². The summed E-state index contributed by atoms with van der Waals surface area (Å²) < 4.78 is 29.2. The fourth-order valence-corrected chi connectivity index (χ4v) is 2.19. The van der Waals surface area contributed by atoms with Gasteiger partial charge in [0.2, 0.25) is 5.91 Å². The number of carbonyl (C=O) groups is 1. The highest BCUT2D eigenvalue weighted by Gasteiger charge is 2.13. The molecule has 4 nitrogen and oxygen atoms in total. The van der Waals surface area contributed by atoms with Crippen LogP contribution in [0.2, 0.25) is 0 Å². The summed E-state index contributed by atoms with van der Waals surface area (Å²) in [5, 5.41) is 2.74. The Bertz CT molecular complexity index is 657. The number of amides is 1. The molecule has 0 unspecified atom stereocenters. The Morgan fingerprint density at radius 1 is 1.08 bits per heavy atom. The molecule has 0 heterocycles. The van der Waals surface area contributed by atoms with Crippen molar-refractivity contribution in [3.63, 3.8) is 0 Å². The summed E-state index contributed by atoms with van der Waals surface area (Å²) in [6, 6.07) is 15.5. The van der Waals surface area contributed by atoms with E-state index in [-0.39, 0.29) is 24.9 Å². The van der Waals surface area contributed by atoms with Crippen LogP contribution in [0.3, 0.4) is 0 Å². The minimum atomic E-state index is -2.52. The average molecular weight is 371 g/mol. The Morgan fingerprint density at radius 2 is 1.76 bits per heavy atom. The van der Waals surface area contributed by atoms with Crippen LogP contribution in [0.15, 0.2) is 54.6 Å². The number of nitrogens with two attached hydrogens (primary N) is 1. The zero-order valence-corrected chi connectivity index (χ0v) is 14.3. The third-order valence-corrected chi connectivity index (χ3v) is 3.38. The molecule has 2 aromatic carbocycles. The van der Waals surface area contributed by atoms with Gasteiger partial charge in [-0.05, 0) is 29.7 Å². The fourth-order valence-electron chi connectivity index (χ4n) is 2.19. The van der Waals surface area contributed by atoms with Gasteiger partial charge in [0.1, 0.15) is 12.4 Å². The number of rotatable bonds is 8. The van der Waals surface area contributed by atoms with E-state index in [0.29, 0.717) is 12.2 Å². The zero-order chi connectivity index (χ0) is 17.4. The SMILES string of the molecule is Cl.N[C@@H](Cc1ccccc1)C(=O)NCc1cccc(OCC(F)F)c1. The highest BCUT2D eigenvalue weighted by atomic mass is 35.5. The summed E-state index contributed by atoms with van der Waals surface area (Å²) in [5.74, 6) is 0.0772. The summed E-state index contributed by atoms with van der Waals surface area (Å²) in [7, 11) is 0.